The normalized spacial score (nSPS) is 23.4. The first kappa shape index (κ1) is 43.3. The van der Waals surface area contributed by atoms with E-state index in [2.05, 4.69) is 0 Å². The first-order valence-corrected chi connectivity index (χ1v) is 19.9. The first-order chi connectivity index (χ1) is 26.4. The maximum Gasteiger partial charge on any atom is 0.322 e. The zero-order valence-electron chi connectivity index (χ0n) is 33.1. The lowest BCUT2D eigenvalue weighted by atomic mass is 9.91. The molecule has 12 nitrogen and oxygen atoms in total. The standard InChI is InChI=1S/C43H60N2O10/c1-5-52-40(48)34-22-16-24-44(3,28-34)30-36(38(46)32-18-10-7-11-19-32)42(50)54-26-14-9-15-27-55-43(51)37(39(47)33-20-12-8-13-21-33)31-45(4)25-17-23-35(29-45)41(49)53-6-2/h7-8,10-13,18-21,34-37H,5-6,9,14-17,22-31H2,1-4H3/q+2. The Bertz CT molecular complexity index is 1480. The first-order valence-electron chi connectivity index (χ1n) is 19.9. The molecule has 2 heterocycles. The van der Waals surface area contributed by atoms with Gasteiger partial charge in [-0.25, -0.2) is 0 Å². The van der Waals surface area contributed by atoms with Crippen LogP contribution in [0.15, 0.2) is 60.7 Å². The molecular formula is C43H60N2O10+2. The summed E-state index contributed by atoms with van der Waals surface area (Å²) in [5, 5.41) is 0. The van der Waals surface area contributed by atoms with E-state index in [0.717, 1.165) is 25.9 Å². The van der Waals surface area contributed by atoms with Gasteiger partial charge in [-0.05, 0) is 58.8 Å². The second-order valence-corrected chi connectivity index (χ2v) is 15.6. The molecule has 4 rings (SSSR count). The fourth-order valence-electron chi connectivity index (χ4n) is 8.05. The van der Waals surface area contributed by atoms with Crippen molar-refractivity contribution in [3.8, 4) is 0 Å². The highest BCUT2D eigenvalue weighted by Gasteiger charge is 2.44. The number of quaternary nitrogens is 2. The number of benzene rings is 2. The van der Waals surface area contributed by atoms with E-state index in [1.165, 1.54) is 0 Å². The molecule has 0 N–H and O–H groups in total. The largest absolute Gasteiger partial charge is 0.466 e. The van der Waals surface area contributed by atoms with Crippen molar-refractivity contribution in [1.29, 1.82) is 0 Å². The van der Waals surface area contributed by atoms with E-state index in [-0.39, 0.29) is 61.6 Å². The van der Waals surface area contributed by atoms with Crippen molar-refractivity contribution in [2.75, 3.05) is 79.8 Å². The van der Waals surface area contributed by atoms with Crippen molar-refractivity contribution < 1.29 is 56.7 Å². The van der Waals surface area contributed by atoms with Crippen molar-refractivity contribution in [3.63, 3.8) is 0 Å². The molecule has 300 valence electrons. The maximum absolute atomic E-state index is 13.7. The number of likely N-dealkylation sites (tertiary alicyclic amines) is 2. The van der Waals surface area contributed by atoms with Crippen LogP contribution in [0.25, 0.3) is 0 Å². The molecule has 0 saturated carbocycles. The smallest absolute Gasteiger partial charge is 0.322 e. The summed E-state index contributed by atoms with van der Waals surface area (Å²) in [7, 11) is 3.94. The van der Waals surface area contributed by atoms with E-state index in [1.54, 1.807) is 62.4 Å². The Labute approximate surface area is 325 Å². The number of Topliss-reactive ketones (excluding diaryl/α,β-unsaturated/α-hetero) is 2. The minimum Gasteiger partial charge on any atom is -0.466 e. The number of unbranched alkanes of at least 4 members (excludes halogenated alkanes) is 2. The summed E-state index contributed by atoms with van der Waals surface area (Å²) in [6, 6.07) is 17.4. The van der Waals surface area contributed by atoms with E-state index in [0.29, 0.717) is 78.5 Å². The Hall–Kier alpha value is -4.42. The zero-order chi connectivity index (χ0) is 39.8. The molecule has 0 radical (unpaired) electrons. The number of carbonyl (C=O) groups excluding carboxylic acids is 6. The molecule has 0 amide bonds. The molecule has 0 aliphatic carbocycles. The third-order valence-electron chi connectivity index (χ3n) is 10.9. The topological polar surface area (TPSA) is 139 Å². The van der Waals surface area contributed by atoms with Crippen LogP contribution in [0, 0.1) is 23.7 Å². The number of hydrogen-bond donors (Lipinski definition) is 0. The highest BCUT2D eigenvalue weighted by Crippen LogP contribution is 2.28. The van der Waals surface area contributed by atoms with Gasteiger partial charge >= 0.3 is 23.9 Å². The quantitative estimate of drug-likeness (QED) is 0.0448. The van der Waals surface area contributed by atoms with Crippen LogP contribution in [-0.2, 0) is 38.1 Å². The van der Waals surface area contributed by atoms with Gasteiger partial charge in [0.2, 0.25) is 0 Å². The molecule has 0 spiro atoms. The summed E-state index contributed by atoms with van der Waals surface area (Å²) in [5.41, 5.74) is 0.854. The van der Waals surface area contributed by atoms with Crippen molar-refractivity contribution >= 4 is 35.4 Å². The van der Waals surface area contributed by atoms with Crippen LogP contribution in [0.3, 0.4) is 0 Å². The van der Waals surface area contributed by atoms with Crippen LogP contribution in [0.4, 0.5) is 0 Å². The molecule has 6 atom stereocenters. The summed E-state index contributed by atoms with van der Waals surface area (Å²) >= 11 is 0. The zero-order valence-corrected chi connectivity index (χ0v) is 33.1. The number of ketones is 2. The van der Waals surface area contributed by atoms with Gasteiger partial charge in [0, 0.05) is 11.1 Å². The molecule has 2 aliphatic heterocycles. The number of carbonyl (C=O) groups is 6. The van der Waals surface area contributed by atoms with Crippen LogP contribution in [0.5, 0.6) is 0 Å². The Morgan fingerprint density at radius 1 is 0.582 bits per heavy atom. The second-order valence-electron chi connectivity index (χ2n) is 15.6. The van der Waals surface area contributed by atoms with Gasteiger partial charge in [-0.15, -0.1) is 0 Å². The third kappa shape index (κ3) is 12.8. The summed E-state index contributed by atoms with van der Waals surface area (Å²) in [5.74, 6) is -4.96. The fourth-order valence-corrected chi connectivity index (χ4v) is 8.05. The Balaban J connectivity index is 1.31. The lowest BCUT2D eigenvalue weighted by Gasteiger charge is -2.41. The molecule has 0 aromatic heterocycles. The minimum atomic E-state index is -1.04. The third-order valence-corrected chi connectivity index (χ3v) is 10.9. The molecule has 2 fully saturated rings. The summed E-state index contributed by atoms with van der Waals surface area (Å²) in [6.45, 7) is 7.18. The van der Waals surface area contributed by atoms with Crippen molar-refractivity contribution in [3.05, 3.63) is 71.8 Å². The average molecular weight is 765 g/mol. The SMILES string of the molecule is CCOC(=O)C1CCC[N+](C)(CC(C(=O)OCCCCCOC(=O)C(C[N+]2(C)CCCC(C(=O)OCC)C2)C(=O)c2ccccc2)C(=O)c2ccccc2)C1. The lowest BCUT2D eigenvalue weighted by Crippen LogP contribution is -2.56. The number of rotatable bonds is 20. The van der Waals surface area contributed by atoms with Crippen molar-refractivity contribution in [1.82, 2.24) is 0 Å². The Morgan fingerprint density at radius 3 is 1.33 bits per heavy atom. The van der Waals surface area contributed by atoms with Gasteiger partial charge in [-0.2, -0.15) is 0 Å². The molecule has 55 heavy (non-hydrogen) atoms. The van der Waals surface area contributed by atoms with E-state index in [1.807, 2.05) is 26.2 Å². The van der Waals surface area contributed by atoms with E-state index >= 15 is 0 Å². The molecule has 2 aromatic rings. The van der Waals surface area contributed by atoms with Crippen molar-refractivity contribution in [2.45, 2.75) is 58.8 Å². The van der Waals surface area contributed by atoms with Crippen molar-refractivity contribution in [2.24, 2.45) is 23.7 Å². The van der Waals surface area contributed by atoms with E-state index in [4.69, 9.17) is 18.9 Å². The number of esters is 4. The monoisotopic (exact) mass is 764 g/mol. The fraction of sp³-hybridized carbons (Fsp3) is 0.581. The Kier molecular flexibility index (Phi) is 16.6. The van der Waals surface area contributed by atoms with Gasteiger partial charge < -0.3 is 27.9 Å². The number of ether oxygens (including phenoxy) is 4. The van der Waals surface area contributed by atoms with E-state index < -0.39 is 23.8 Å². The predicted molar refractivity (Wildman–Crippen MR) is 205 cm³/mol. The van der Waals surface area contributed by atoms with Crippen LogP contribution >= 0.6 is 0 Å². The molecule has 2 aromatic carbocycles. The molecule has 0 bridgehead atoms. The maximum atomic E-state index is 13.7. The highest BCUT2D eigenvalue weighted by molar-refractivity contribution is 6.09. The van der Waals surface area contributed by atoms with Crippen LogP contribution in [0.1, 0.15) is 79.5 Å². The van der Waals surface area contributed by atoms with E-state index in [9.17, 15) is 28.8 Å². The van der Waals surface area contributed by atoms with Crippen LogP contribution in [0.2, 0.25) is 0 Å². The van der Waals surface area contributed by atoms with Gasteiger partial charge in [-0.1, -0.05) is 60.7 Å². The van der Waals surface area contributed by atoms with Gasteiger partial charge in [0.05, 0.1) is 79.8 Å². The molecular weight excluding hydrogens is 704 g/mol. The Morgan fingerprint density at radius 2 is 0.964 bits per heavy atom. The summed E-state index contributed by atoms with van der Waals surface area (Å²) in [4.78, 5) is 79.5. The van der Waals surface area contributed by atoms with Crippen LogP contribution in [-0.4, -0.2) is 124 Å². The highest BCUT2D eigenvalue weighted by atomic mass is 16.5. The molecule has 2 aliphatic rings. The molecule has 2 saturated heterocycles. The predicted octanol–water partition coefficient (Wildman–Crippen LogP) is 5.08. The minimum absolute atomic E-state index is 0.0904. The number of nitrogens with zero attached hydrogens (tertiary/aromatic N) is 2. The van der Waals surface area contributed by atoms with Gasteiger partial charge in [0.15, 0.2) is 23.4 Å². The average Bonchev–Trinajstić information content (AvgIpc) is 3.19. The summed E-state index contributed by atoms with van der Waals surface area (Å²) < 4.78 is 22.7. The van der Waals surface area contributed by atoms with Gasteiger partial charge in [0.25, 0.3) is 0 Å². The van der Waals surface area contributed by atoms with Gasteiger partial charge in [-0.3, -0.25) is 28.8 Å². The molecule has 6 unspecified atom stereocenters. The second kappa shape index (κ2) is 21.0. The summed E-state index contributed by atoms with van der Waals surface area (Å²) in [6.07, 6.45) is 4.54. The number of piperidine rings is 2. The lowest BCUT2D eigenvalue weighted by molar-refractivity contribution is -0.917. The number of hydrogen-bond acceptors (Lipinski definition) is 10. The van der Waals surface area contributed by atoms with Gasteiger partial charge in [0.1, 0.15) is 11.8 Å². The van der Waals surface area contributed by atoms with Crippen LogP contribution < -0.4 is 0 Å². The molecule has 12 heteroatoms.